The third kappa shape index (κ3) is 6.88. The van der Waals surface area contributed by atoms with Crippen LogP contribution in [0.15, 0.2) is 36.4 Å². The maximum atomic E-state index is 13.2. The molecule has 8 nitrogen and oxygen atoms in total. The predicted molar refractivity (Wildman–Crippen MR) is 107 cm³/mol. The van der Waals surface area contributed by atoms with Gasteiger partial charge < -0.3 is 25.2 Å². The smallest absolute Gasteiger partial charge is 0.234 e. The average molecular weight is 421 g/mol. The SMILES string of the molecule is O=C(C[C@@H]1C=C[C@@H](NC(=O)CN2CCOCC2)[C@@H](CO)O1)NCc1cccc(F)c1. The monoisotopic (exact) mass is 421 g/mol. The van der Waals surface area contributed by atoms with Crippen molar-refractivity contribution >= 4 is 11.8 Å². The fourth-order valence-corrected chi connectivity index (χ4v) is 3.43. The molecule has 1 aromatic rings. The zero-order valence-electron chi connectivity index (χ0n) is 16.8. The number of amides is 2. The number of aliphatic hydroxyl groups excluding tert-OH is 1. The van der Waals surface area contributed by atoms with Crippen molar-refractivity contribution in [3.8, 4) is 0 Å². The fourth-order valence-electron chi connectivity index (χ4n) is 3.43. The summed E-state index contributed by atoms with van der Waals surface area (Å²) in [4.78, 5) is 26.5. The number of rotatable bonds is 8. The van der Waals surface area contributed by atoms with Crippen molar-refractivity contribution in [1.82, 2.24) is 15.5 Å². The third-order valence-corrected chi connectivity index (χ3v) is 5.03. The third-order valence-electron chi connectivity index (χ3n) is 5.03. The van der Waals surface area contributed by atoms with Crippen molar-refractivity contribution in [1.29, 1.82) is 0 Å². The molecule has 0 saturated carbocycles. The first-order valence-electron chi connectivity index (χ1n) is 10.1. The Kier molecular flexibility index (Phi) is 8.32. The number of ether oxygens (including phenoxy) is 2. The summed E-state index contributed by atoms with van der Waals surface area (Å²) in [6, 6.07) is 5.56. The quantitative estimate of drug-likeness (QED) is 0.510. The number of hydrogen-bond donors (Lipinski definition) is 3. The lowest BCUT2D eigenvalue weighted by Gasteiger charge is -2.32. The Morgan fingerprint density at radius 2 is 2.00 bits per heavy atom. The average Bonchev–Trinajstić information content (AvgIpc) is 2.74. The molecule has 1 saturated heterocycles. The van der Waals surface area contributed by atoms with E-state index in [1.807, 2.05) is 4.90 Å². The molecule has 1 fully saturated rings. The van der Waals surface area contributed by atoms with Crippen molar-refractivity contribution in [2.24, 2.45) is 0 Å². The summed E-state index contributed by atoms with van der Waals surface area (Å²) in [5.41, 5.74) is 0.666. The Morgan fingerprint density at radius 1 is 1.20 bits per heavy atom. The van der Waals surface area contributed by atoms with Gasteiger partial charge in [0.2, 0.25) is 11.8 Å². The van der Waals surface area contributed by atoms with Gasteiger partial charge in [-0.05, 0) is 17.7 Å². The lowest BCUT2D eigenvalue weighted by atomic mass is 10.0. The lowest BCUT2D eigenvalue weighted by Crippen LogP contribution is -2.52. The molecule has 30 heavy (non-hydrogen) atoms. The number of benzene rings is 1. The fraction of sp³-hybridized carbons (Fsp3) is 0.524. The number of halogens is 1. The summed E-state index contributed by atoms with van der Waals surface area (Å²) in [6.07, 6.45) is 2.39. The van der Waals surface area contributed by atoms with Gasteiger partial charge in [-0.2, -0.15) is 0 Å². The van der Waals surface area contributed by atoms with E-state index in [9.17, 15) is 19.1 Å². The zero-order chi connectivity index (χ0) is 21.3. The van der Waals surface area contributed by atoms with Gasteiger partial charge in [-0.25, -0.2) is 4.39 Å². The van der Waals surface area contributed by atoms with Crippen LogP contribution in [0.4, 0.5) is 4.39 Å². The number of nitrogens with zero attached hydrogens (tertiary/aromatic N) is 1. The van der Waals surface area contributed by atoms with Crippen LogP contribution in [0.1, 0.15) is 12.0 Å². The van der Waals surface area contributed by atoms with Gasteiger partial charge in [0.15, 0.2) is 0 Å². The molecule has 9 heteroatoms. The van der Waals surface area contributed by atoms with Crippen molar-refractivity contribution in [3.63, 3.8) is 0 Å². The standard InChI is InChI=1S/C21H28FN3O5/c22-16-3-1-2-15(10-16)12-23-20(27)11-17-4-5-18(19(14-26)30-17)24-21(28)13-25-6-8-29-9-7-25/h1-5,10,17-19,26H,6-9,11-14H2,(H,23,27)(H,24,28)/t17-,18+,19+/m0/s1. The number of aliphatic hydroxyl groups is 1. The van der Waals surface area contributed by atoms with E-state index in [2.05, 4.69) is 10.6 Å². The summed E-state index contributed by atoms with van der Waals surface area (Å²) >= 11 is 0. The largest absolute Gasteiger partial charge is 0.394 e. The molecule has 2 aliphatic rings. The highest BCUT2D eigenvalue weighted by Crippen LogP contribution is 2.16. The van der Waals surface area contributed by atoms with Gasteiger partial charge in [0.05, 0.1) is 44.9 Å². The van der Waals surface area contributed by atoms with Crippen LogP contribution in [0.2, 0.25) is 0 Å². The van der Waals surface area contributed by atoms with Crippen LogP contribution in [0.5, 0.6) is 0 Å². The Hall–Kier alpha value is -2.33. The molecule has 0 spiro atoms. The number of nitrogens with one attached hydrogen (secondary N) is 2. The number of carbonyl (C=O) groups is 2. The van der Waals surface area contributed by atoms with Gasteiger partial charge in [0, 0.05) is 19.6 Å². The molecule has 1 aromatic carbocycles. The predicted octanol–water partition coefficient (Wildman–Crippen LogP) is -0.0351. The molecule has 3 rings (SSSR count). The second-order valence-electron chi connectivity index (χ2n) is 7.37. The summed E-state index contributed by atoms with van der Waals surface area (Å²) in [5, 5.41) is 15.2. The van der Waals surface area contributed by atoms with E-state index >= 15 is 0 Å². The minimum atomic E-state index is -0.635. The Balaban J connectivity index is 1.45. The Labute approximate surface area is 175 Å². The minimum Gasteiger partial charge on any atom is -0.394 e. The summed E-state index contributed by atoms with van der Waals surface area (Å²) < 4.78 is 24.2. The number of carbonyl (C=O) groups excluding carboxylic acids is 2. The van der Waals surface area contributed by atoms with Crippen LogP contribution < -0.4 is 10.6 Å². The Bertz CT molecular complexity index is 754. The summed E-state index contributed by atoms with van der Waals surface area (Å²) in [5.74, 6) is -0.756. The van der Waals surface area contributed by atoms with Gasteiger partial charge in [-0.3, -0.25) is 14.5 Å². The van der Waals surface area contributed by atoms with Crippen LogP contribution in [0.25, 0.3) is 0 Å². The van der Waals surface area contributed by atoms with E-state index < -0.39 is 18.2 Å². The number of hydrogen-bond acceptors (Lipinski definition) is 6. The molecule has 2 heterocycles. The van der Waals surface area contributed by atoms with Gasteiger partial charge in [-0.15, -0.1) is 0 Å². The molecule has 3 atom stereocenters. The van der Waals surface area contributed by atoms with Crippen LogP contribution in [0, 0.1) is 5.82 Å². The second-order valence-corrected chi connectivity index (χ2v) is 7.37. The second kappa shape index (κ2) is 11.2. The van der Waals surface area contributed by atoms with Crippen LogP contribution >= 0.6 is 0 Å². The van der Waals surface area contributed by atoms with Crippen LogP contribution in [-0.2, 0) is 25.6 Å². The van der Waals surface area contributed by atoms with E-state index in [0.29, 0.717) is 31.9 Å². The van der Waals surface area contributed by atoms with Crippen molar-refractivity contribution < 1.29 is 28.6 Å². The molecular formula is C21H28FN3O5. The molecular weight excluding hydrogens is 393 g/mol. The summed E-state index contributed by atoms with van der Waals surface area (Å²) in [7, 11) is 0. The van der Waals surface area contributed by atoms with Gasteiger partial charge in [0.25, 0.3) is 0 Å². The molecule has 164 valence electrons. The number of morpholine rings is 1. The van der Waals surface area contributed by atoms with E-state index in [-0.39, 0.29) is 43.7 Å². The van der Waals surface area contributed by atoms with Gasteiger partial charge >= 0.3 is 0 Å². The van der Waals surface area contributed by atoms with Gasteiger partial charge in [0.1, 0.15) is 11.9 Å². The zero-order valence-corrected chi connectivity index (χ0v) is 16.8. The molecule has 0 radical (unpaired) electrons. The van der Waals surface area contributed by atoms with E-state index in [1.54, 1.807) is 24.3 Å². The van der Waals surface area contributed by atoms with Gasteiger partial charge in [-0.1, -0.05) is 24.3 Å². The highest BCUT2D eigenvalue weighted by atomic mass is 19.1. The van der Waals surface area contributed by atoms with Crippen LogP contribution in [-0.4, -0.2) is 79.5 Å². The highest BCUT2D eigenvalue weighted by molar-refractivity contribution is 5.79. The molecule has 0 bridgehead atoms. The highest BCUT2D eigenvalue weighted by Gasteiger charge is 2.29. The van der Waals surface area contributed by atoms with Crippen molar-refractivity contribution in [2.75, 3.05) is 39.5 Å². The van der Waals surface area contributed by atoms with E-state index in [0.717, 1.165) is 0 Å². The molecule has 0 aromatic heterocycles. The summed E-state index contributed by atoms with van der Waals surface area (Å²) in [6.45, 7) is 2.84. The maximum absolute atomic E-state index is 13.2. The topological polar surface area (TPSA) is 100 Å². The van der Waals surface area contributed by atoms with Crippen molar-refractivity contribution in [3.05, 3.63) is 47.8 Å². The van der Waals surface area contributed by atoms with E-state index in [4.69, 9.17) is 9.47 Å². The molecule has 2 amide bonds. The first-order valence-corrected chi connectivity index (χ1v) is 10.1. The van der Waals surface area contributed by atoms with Crippen LogP contribution in [0.3, 0.4) is 0 Å². The normalized spacial score (nSPS) is 24.4. The molecule has 3 N–H and O–H groups in total. The minimum absolute atomic E-state index is 0.0662. The Morgan fingerprint density at radius 3 is 2.73 bits per heavy atom. The first kappa shape index (κ1) is 22.4. The van der Waals surface area contributed by atoms with E-state index in [1.165, 1.54) is 12.1 Å². The molecule has 0 unspecified atom stereocenters. The first-order chi connectivity index (χ1) is 14.5. The maximum Gasteiger partial charge on any atom is 0.234 e. The molecule has 2 aliphatic heterocycles. The van der Waals surface area contributed by atoms with Crippen molar-refractivity contribution in [2.45, 2.75) is 31.2 Å². The molecule has 0 aliphatic carbocycles. The lowest BCUT2D eigenvalue weighted by molar-refractivity contribution is -0.129.